The molecular formula is C27H28F2N6O3S. The smallest absolute Gasteiger partial charge is 0.230 e. The van der Waals surface area contributed by atoms with E-state index in [-0.39, 0.29) is 46.5 Å². The molecule has 9 nitrogen and oxygen atoms in total. The van der Waals surface area contributed by atoms with Gasteiger partial charge >= 0.3 is 0 Å². The van der Waals surface area contributed by atoms with Gasteiger partial charge in [-0.25, -0.2) is 18.7 Å². The highest BCUT2D eigenvalue weighted by Crippen LogP contribution is 2.30. The van der Waals surface area contributed by atoms with Gasteiger partial charge in [0.05, 0.1) is 6.42 Å². The number of ether oxygens (including phenoxy) is 1. The summed E-state index contributed by atoms with van der Waals surface area (Å²) >= 11 is 5.13. The van der Waals surface area contributed by atoms with Gasteiger partial charge in [0.15, 0.2) is 16.7 Å². The normalized spacial score (nSPS) is 16.5. The molecule has 0 aliphatic heterocycles. The summed E-state index contributed by atoms with van der Waals surface area (Å²) in [6.07, 6.45) is 3.77. The summed E-state index contributed by atoms with van der Waals surface area (Å²) in [5.41, 5.74) is 0.906. The fourth-order valence-corrected chi connectivity index (χ4v) is 4.48. The van der Waals surface area contributed by atoms with Gasteiger partial charge in [-0.3, -0.25) is 9.59 Å². The third kappa shape index (κ3) is 7.98. The zero-order valence-electron chi connectivity index (χ0n) is 21.4. The molecule has 2 amide bonds. The van der Waals surface area contributed by atoms with Crippen LogP contribution in [0.4, 0.5) is 20.3 Å². The van der Waals surface area contributed by atoms with Gasteiger partial charge in [-0.05, 0) is 75.4 Å². The third-order valence-corrected chi connectivity index (χ3v) is 6.54. The molecule has 0 bridgehead atoms. The van der Waals surface area contributed by atoms with Gasteiger partial charge in [0.25, 0.3) is 0 Å². The highest BCUT2D eigenvalue weighted by Gasteiger charge is 2.31. The Balaban J connectivity index is 1.30. The van der Waals surface area contributed by atoms with E-state index in [2.05, 4.69) is 30.8 Å². The third-order valence-electron chi connectivity index (χ3n) is 6.33. The molecule has 12 heteroatoms. The summed E-state index contributed by atoms with van der Waals surface area (Å²) in [5.74, 6) is -1.51. The number of carbonyl (C=O) groups is 2. The van der Waals surface area contributed by atoms with Crippen LogP contribution >= 0.6 is 12.2 Å². The summed E-state index contributed by atoms with van der Waals surface area (Å²) < 4.78 is 33.3. The first-order chi connectivity index (χ1) is 18.7. The molecule has 0 spiro atoms. The van der Waals surface area contributed by atoms with Crippen LogP contribution in [0.5, 0.6) is 11.6 Å². The molecule has 204 valence electrons. The van der Waals surface area contributed by atoms with Crippen LogP contribution in [0.1, 0.15) is 24.8 Å². The van der Waals surface area contributed by atoms with Gasteiger partial charge in [-0.1, -0.05) is 12.1 Å². The summed E-state index contributed by atoms with van der Waals surface area (Å²) in [7, 11) is 4.01. The van der Waals surface area contributed by atoms with Crippen molar-refractivity contribution in [3.8, 4) is 11.6 Å². The van der Waals surface area contributed by atoms with E-state index in [1.54, 1.807) is 0 Å². The molecular weight excluding hydrogens is 526 g/mol. The van der Waals surface area contributed by atoms with E-state index in [0.29, 0.717) is 11.6 Å². The van der Waals surface area contributed by atoms with Gasteiger partial charge < -0.3 is 25.6 Å². The molecule has 39 heavy (non-hydrogen) atoms. The molecule has 1 saturated carbocycles. The maximum atomic E-state index is 14.7. The summed E-state index contributed by atoms with van der Waals surface area (Å²) in [5, 5.41) is 8.00. The van der Waals surface area contributed by atoms with Crippen LogP contribution in [0.2, 0.25) is 0 Å². The monoisotopic (exact) mass is 554 g/mol. The average molecular weight is 555 g/mol. The van der Waals surface area contributed by atoms with Crippen molar-refractivity contribution in [3.05, 3.63) is 72.1 Å². The van der Waals surface area contributed by atoms with Crippen molar-refractivity contribution < 1.29 is 23.1 Å². The summed E-state index contributed by atoms with van der Waals surface area (Å²) in [6, 6.07) is 11.4. The van der Waals surface area contributed by atoms with Crippen molar-refractivity contribution in [2.75, 3.05) is 24.7 Å². The number of carbonyl (C=O) groups excluding carboxylic acids is 2. The Labute approximate surface area is 230 Å². The highest BCUT2D eigenvalue weighted by atomic mass is 32.1. The number of hydrogen-bond acceptors (Lipinski definition) is 7. The van der Waals surface area contributed by atoms with Gasteiger partial charge in [0, 0.05) is 29.8 Å². The average Bonchev–Trinajstić information content (AvgIpc) is 3.38. The number of hydrogen-bond donors (Lipinski definition) is 3. The number of rotatable bonds is 8. The Morgan fingerprint density at radius 2 is 1.82 bits per heavy atom. The molecule has 0 radical (unpaired) electrons. The van der Waals surface area contributed by atoms with E-state index in [9.17, 15) is 18.4 Å². The summed E-state index contributed by atoms with van der Waals surface area (Å²) in [6.45, 7) is 0. The van der Waals surface area contributed by atoms with E-state index in [1.165, 1.54) is 48.8 Å². The molecule has 1 aromatic heterocycles. The van der Waals surface area contributed by atoms with Gasteiger partial charge in [-0.15, -0.1) is 0 Å². The molecule has 4 rings (SSSR count). The zero-order chi connectivity index (χ0) is 27.9. The second kappa shape index (κ2) is 12.7. The molecule has 3 aromatic rings. The highest BCUT2D eigenvalue weighted by molar-refractivity contribution is 7.80. The molecule has 3 N–H and O–H groups in total. The van der Waals surface area contributed by atoms with Crippen LogP contribution in [0.25, 0.3) is 0 Å². The van der Waals surface area contributed by atoms with Crippen molar-refractivity contribution in [2.45, 2.75) is 31.7 Å². The predicted molar refractivity (Wildman–Crippen MR) is 146 cm³/mol. The minimum atomic E-state index is -0.703. The van der Waals surface area contributed by atoms with E-state index < -0.39 is 17.5 Å². The number of aromatic nitrogens is 2. The molecule has 1 heterocycles. The number of nitrogens with zero attached hydrogens (tertiary/aromatic N) is 3. The Bertz CT molecular complexity index is 1360. The maximum absolute atomic E-state index is 14.7. The van der Waals surface area contributed by atoms with Gasteiger partial charge in [-0.2, -0.15) is 0 Å². The number of nitrogens with one attached hydrogen (secondary N) is 3. The number of thiocarbonyl (C=S) groups is 1. The fourth-order valence-electron chi connectivity index (χ4n) is 4.25. The second-order valence-electron chi connectivity index (χ2n) is 9.41. The lowest BCUT2D eigenvalue weighted by molar-refractivity contribution is -0.120. The van der Waals surface area contributed by atoms with Crippen LogP contribution in [0, 0.1) is 17.6 Å². The van der Waals surface area contributed by atoms with Crippen LogP contribution in [-0.2, 0) is 16.0 Å². The van der Waals surface area contributed by atoms with E-state index in [0.717, 1.165) is 25.3 Å². The summed E-state index contributed by atoms with van der Waals surface area (Å²) in [4.78, 5) is 35.0. The largest absolute Gasteiger partial charge is 0.436 e. The Morgan fingerprint density at radius 3 is 2.51 bits per heavy atom. The quantitative estimate of drug-likeness (QED) is 0.355. The Kier molecular flexibility index (Phi) is 9.10. The molecule has 2 aromatic carbocycles. The molecule has 1 fully saturated rings. The lowest BCUT2D eigenvalue weighted by atomic mass is 10.1. The minimum Gasteiger partial charge on any atom is -0.436 e. The van der Waals surface area contributed by atoms with Crippen LogP contribution in [-0.4, -0.2) is 51.9 Å². The number of benzene rings is 2. The molecule has 2 atom stereocenters. The second-order valence-corrected chi connectivity index (χ2v) is 9.82. The standard InChI is InChI=1S/C27H28F2N6O3S/c1-35(2)20-9-5-17(12-20)26(37)33-23-14-25(31-15-30-23)38-22-10-8-19(13-21(22)29)32-27(39)34-24(36)11-16-3-6-18(28)7-4-16/h3-4,6-8,10,13-15,17,20H,5,9,11-12H2,1-2H3,(H,30,31,33,37)(H2,32,34,36,39)/t17?,20-/m0/s1. The van der Waals surface area contributed by atoms with Gasteiger partial charge in [0.2, 0.25) is 17.7 Å². The molecule has 1 unspecified atom stereocenters. The van der Waals surface area contributed by atoms with Crippen LogP contribution < -0.4 is 20.7 Å². The van der Waals surface area contributed by atoms with Crippen molar-refractivity contribution >= 4 is 40.6 Å². The molecule has 0 saturated heterocycles. The maximum Gasteiger partial charge on any atom is 0.230 e. The van der Waals surface area contributed by atoms with Crippen molar-refractivity contribution in [3.63, 3.8) is 0 Å². The molecule has 1 aliphatic rings. The number of halogens is 2. The first-order valence-corrected chi connectivity index (χ1v) is 12.7. The number of anilines is 2. The lowest BCUT2D eigenvalue weighted by Gasteiger charge is -2.18. The Hall–Kier alpha value is -4.03. The van der Waals surface area contributed by atoms with E-state index >= 15 is 0 Å². The predicted octanol–water partition coefficient (Wildman–Crippen LogP) is 4.27. The van der Waals surface area contributed by atoms with Gasteiger partial charge in [0.1, 0.15) is 18.0 Å². The van der Waals surface area contributed by atoms with E-state index in [1.807, 2.05) is 14.1 Å². The first-order valence-electron chi connectivity index (χ1n) is 12.3. The Morgan fingerprint density at radius 1 is 1.05 bits per heavy atom. The molecule has 1 aliphatic carbocycles. The number of amides is 2. The zero-order valence-corrected chi connectivity index (χ0v) is 22.2. The SMILES string of the molecule is CN(C)[C@H]1CCC(C(=O)Nc2cc(Oc3ccc(NC(=S)NC(=O)Cc4ccc(F)cc4)cc3F)ncn2)C1. The fraction of sp³-hybridized carbons (Fsp3) is 0.296. The first kappa shape index (κ1) is 28.0. The topological polar surface area (TPSA) is 108 Å². The van der Waals surface area contributed by atoms with Crippen molar-refractivity contribution in [2.24, 2.45) is 5.92 Å². The minimum absolute atomic E-state index is 0.00186. The van der Waals surface area contributed by atoms with Crippen LogP contribution in [0.15, 0.2) is 54.9 Å². The van der Waals surface area contributed by atoms with Crippen molar-refractivity contribution in [1.29, 1.82) is 0 Å². The lowest BCUT2D eigenvalue weighted by Crippen LogP contribution is -2.35. The van der Waals surface area contributed by atoms with Crippen LogP contribution in [0.3, 0.4) is 0 Å². The van der Waals surface area contributed by atoms with Crippen molar-refractivity contribution in [1.82, 2.24) is 20.2 Å². The van der Waals surface area contributed by atoms with E-state index in [4.69, 9.17) is 17.0 Å².